The summed E-state index contributed by atoms with van der Waals surface area (Å²) in [5.74, 6) is 0.377. The fourth-order valence-corrected chi connectivity index (χ4v) is 2.95. The van der Waals surface area contributed by atoms with Crippen molar-refractivity contribution in [3.8, 4) is 0 Å². The van der Waals surface area contributed by atoms with Crippen LogP contribution in [-0.4, -0.2) is 6.04 Å². The topological polar surface area (TPSA) is 12.0 Å². The molecule has 0 radical (unpaired) electrons. The van der Waals surface area contributed by atoms with Gasteiger partial charge in [0.05, 0.1) is 0 Å². The van der Waals surface area contributed by atoms with Gasteiger partial charge >= 0.3 is 0 Å². The van der Waals surface area contributed by atoms with Crippen molar-refractivity contribution in [3.63, 3.8) is 0 Å². The molecule has 0 aliphatic heterocycles. The van der Waals surface area contributed by atoms with Gasteiger partial charge < -0.3 is 5.32 Å². The van der Waals surface area contributed by atoms with Crippen molar-refractivity contribution in [2.75, 3.05) is 0 Å². The highest BCUT2D eigenvalue weighted by Crippen LogP contribution is 2.37. The van der Waals surface area contributed by atoms with Gasteiger partial charge in [0.25, 0.3) is 0 Å². The Morgan fingerprint density at radius 3 is 2.55 bits per heavy atom. The minimum atomic E-state index is -0.131. The van der Waals surface area contributed by atoms with E-state index in [1.54, 1.807) is 12.1 Å². The molecule has 3 heteroatoms. The van der Waals surface area contributed by atoms with E-state index in [1.807, 2.05) is 6.07 Å². The molecule has 0 unspecified atom stereocenters. The average molecular weight is 334 g/mol. The smallest absolute Gasteiger partial charge is 0.123 e. The molecule has 1 aliphatic rings. The highest BCUT2D eigenvalue weighted by molar-refractivity contribution is 9.10. The molecule has 0 amide bonds. The van der Waals surface area contributed by atoms with E-state index in [1.165, 1.54) is 11.6 Å². The molecule has 1 fully saturated rings. The quantitative estimate of drug-likeness (QED) is 0.860. The van der Waals surface area contributed by atoms with E-state index in [9.17, 15) is 4.39 Å². The molecular formula is C17H17BrFN. The van der Waals surface area contributed by atoms with E-state index in [2.05, 4.69) is 45.5 Å². The highest BCUT2D eigenvalue weighted by Gasteiger charge is 2.29. The van der Waals surface area contributed by atoms with Crippen LogP contribution in [0.25, 0.3) is 0 Å². The van der Waals surface area contributed by atoms with Crippen molar-refractivity contribution in [1.29, 1.82) is 0 Å². The first-order valence-electron chi connectivity index (χ1n) is 6.94. The molecule has 1 nitrogen and oxygen atoms in total. The molecule has 2 aromatic rings. The van der Waals surface area contributed by atoms with Crippen LogP contribution in [0.4, 0.5) is 4.39 Å². The van der Waals surface area contributed by atoms with Crippen molar-refractivity contribution in [3.05, 3.63) is 69.9 Å². The van der Waals surface area contributed by atoms with Gasteiger partial charge in [0.1, 0.15) is 5.82 Å². The summed E-state index contributed by atoms with van der Waals surface area (Å²) in [5.41, 5.74) is 2.43. The third-order valence-corrected chi connectivity index (χ3v) is 4.49. The first kappa shape index (κ1) is 13.8. The van der Waals surface area contributed by atoms with Gasteiger partial charge in [-0.15, -0.1) is 0 Å². The fraction of sp³-hybridized carbons (Fsp3) is 0.294. The number of hydrogen-bond donors (Lipinski definition) is 1. The molecule has 0 saturated heterocycles. The molecule has 1 saturated carbocycles. The molecule has 104 valence electrons. The summed E-state index contributed by atoms with van der Waals surface area (Å²) >= 11 is 3.44. The molecule has 1 N–H and O–H groups in total. The third-order valence-electron chi connectivity index (χ3n) is 3.97. The molecule has 0 bridgehead atoms. The number of halogens is 2. The maximum atomic E-state index is 13.2. The van der Waals surface area contributed by atoms with Gasteiger partial charge in [0.15, 0.2) is 0 Å². The largest absolute Gasteiger partial charge is 0.310 e. The van der Waals surface area contributed by atoms with E-state index in [0.29, 0.717) is 12.0 Å². The van der Waals surface area contributed by atoms with Crippen molar-refractivity contribution in [2.45, 2.75) is 31.3 Å². The Hall–Kier alpha value is -1.19. The lowest BCUT2D eigenvalue weighted by Crippen LogP contribution is -2.39. The lowest BCUT2D eigenvalue weighted by atomic mass is 9.76. The van der Waals surface area contributed by atoms with Crippen LogP contribution in [0.5, 0.6) is 0 Å². The zero-order valence-corrected chi connectivity index (χ0v) is 12.7. The third kappa shape index (κ3) is 3.28. The summed E-state index contributed by atoms with van der Waals surface area (Å²) in [6, 6.07) is 15.9. The lowest BCUT2D eigenvalue weighted by Gasteiger charge is -2.36. The minimum Gasteiger partial charge on any atom is -0.310 e. The first-order valence-corrected chi connectivity index (χ1v) is 7.73. The molecular weight excluding hydrogens is 317 g/mol. The van der Waals surface area contributed by atoms with Gasteiger partial charge in [-0.2, -0.15) is 0 Å². The molecule has 20 heavy (non-hydrogen) atoms. The standard InChI is InChI=1S/C17H17BrFN/c18-15-6-4-12(5-7-15)11-20-17-9-14(10-17)13-2-1-3-16(19)8-13/h1-8,14,17,20H,9-11H2. The van der Waals surface area contributed by atoms with Gasteiger partial charge in [-0.05, 0) is 54.2 Å². The van der Waals surface area contributed by atoms with E-state index < -0.39 is 0 Å². The SMILES string of the molecule is Fc1cccc(C2CC(NCc3ccc(Br)cc3)C2)c1. The van der Waals surface area contributed by atoms with Gasteiger partial charge in [0.2, 0.25) is 0 Å². The van der Waals surface area contributed by atoms with E-state index in [-0.39, 0.29) is 5.82 Å². The predicted molar refractivity (Wildman–Crippen MR) is 83.1 cm³/mol. The Morgan fingerprint density at radius 1 is 1.10 bits per heavy atom. The maximum Gasteiger partial charge on any atom is 0.123 e. The number of hydrogen-bond acceptors (Lipinski definition) is 1. The molecule has 3 rings (SSSR count). The molecule has 0 atom stereocenters. The second-order valence-electron chi connectivity index (χ2n) is 5.43. The zero-order chi connectivity index (χ0) is 13.9. The minimum absolute atomic E-state index is 0.131. The van der Waals surface area contributed by atoms with Crippen LogP contribution in [0.15, 0.2) is 53.0 Å². The molecule has 2 aromatic carbocycles. The molecule has 0 aromatic heterocycles. The summed E-state index contributed by atoms with van der Waals surface area (Å²) in [7, 11) is 0. The number of benzene rings is 2. The summed E-state index contributed by atoms with van der Waals surface area (Å²) in [6.45, 7) is 0.897. The normalized spacial score (nSPS) is 21.5. The summed E-state index contributed by atoms with van der Waals surface area (Å²) in [4.78, 5) is 0. The fourth-order valence-electron chi connectivity index (χ4n) is 2.68. The lowest BCUT2D eigenvalue weighted by molar-refractivity contribution is 0.289. The van der Waals surface area contributed by atoms with E-state index in [4.69, 9.17) is 0 Å². The van der Waals surface area contributed by atoms with Gasteiger partial charge in [-0.3, -0.25) is 0 Å². The van der Waals surface area contributed by atoms with Crippen molar-refractivity contribution >= 4 is 15.9 Å². The van der Waals surface area contributed by atoms with Crippen LogP contribution in [0.1, 0.15) is 29.9 Å². The van der Waals surface area contributed by atoms with Gasteiger partial charge in [-0.1, -0.05) is 40.2 Å². The summed E-state index contributed by atoms with van der Waals surface area (Å²) in [5, 5.41) is 3.56. The van der Waals surface area contributed by atoms with Crippen molar-refractivity contribution < 1.29 is 4.39 Å². The van der Waals surface area contributed by atoms with Crippen LogP contribution in [-0.2, 0) is 6.54 Å². The Bertz CT molecular complexity index is 576. The van der Waals surface area contributed by atoms with Gasteiger partial charge in [-0.25, -0.2) is 4.39 Å². The average Bonchev–Trinajstić information content (AvgIpc) is 2.39. The monoisotopic (exact) mass is 333 g/mol. The second-order valence-corrected chi connectivity index (χ2v) is 6.34. The van der Waals surface area contributed by atoms with E-state index >= 15 is 0 Å². The highest BCUT2D eigenvalue weighted by atomic mass is 79.9. The van der Waals surface area contributed by atoms with Crippen LogP contribution in [0.3, 0.4) is 0 Å². The maximum absolute atomic E-state index is 13.2. The van der Waals surface area contributed by atoms with Crippen molar-refractivity contribution in [2.24, 2.45) is 0 Å². The van der Waals surface area contributed by atoms with E-state index in [0.717, 1.165) is 29.4 Å². The Labute approximate surface area is 127 Å². The summed E-state index contributed by atoms with van der Waals surface area (Å²) in [6.07, 6.45) is 2.19. The van der Waals surface area contributed by atoms with Gasteiger partial charge in [0, 0.05) is 17.1 Å². The molecule has 1 aliphatic carbocycles. The molecule has 0 heterocycles. The predicted octanol–water partition coefficient (Wildman–Crippen LogP) is 4.62. The summed E-state index contributed by atoms with van der Waals surface area (Å²) < 4.78 is 14.3. The van der Waals surface area contributed by atoms with Crippen LogP contribution in [0.2, 0.25) is 0 Å². The van der Waals surface area contributed by atoms with Crippen molar-refractivity contribution in [1.82, 2.24) is 5.32 Å². The Kier molecular flexibility index (Phi) is 4.18. The zero-order valence-electron chi connectivity index (χ0n) is 11.2. The number of nitrogens with one attached hydrogen (secondary N) is 1. The molecule has 0 spiro atoms. The van der Waals surface area contributed by atoms with Crippen LogP contribution >= 0.6 is 15.9 Å². The van der Waals surface area contributed by atoms with Crippen LogP contribution < -0.4 is 5.32 Å². The second kappa shape index (κ2) is 6.06. The Morgan fingerprint density at radius 2 is 1.85 bits per heavy atom. The van der Waals surface area contributed by atoms with Crippen LogP contribution in [0, 0.1) is 5.82 Å². The number of rotatable bonds is 4. The Balaban J connectivity index is 1.48. The first-order chi connectivity index (χ1) is 9.70.